The number of nitrogens with one attached hydrogen (secondary N) is 1. The van der Waals surface area contributed by atoms with Gasteiger partial charge in [0.15, 0.2) is 0 Å². The zero-order valence-corrected chi connectivity index (χ0v) is 9.42. The van der Waals surface area contributed by atoms with Crippen molar-refractivity contribution in [3.8, 4) is 0 Å². The molecule has 0 unspecified atom stereocenters. The van der Waals surface area contributed by atoms with Crippen molar-refractivity contribution in [2.24, 2.45) is 5.92 Å². The molecule has 0 aliphatic carbocycles. The van der Waals surface area contributed by atoms with E-state index in [9.17, 15) is 4.79 Å². The monoisotopic (exact) mass is 199 g/mol. The van der Waals surface area contributed by atoms with Gasteiger partial charge in [-0.05, 0) is 7.05 Å². The molecule has 1 saturated heterocycles. The van der Waals surface area contributed by atoms with Gasteiger partial charge >= 0.3 is 0 Å². The van der Waals surface area contributed by atoms with Crippen molar-refractivity contribution in [2.75, 3.05) is 39.9 Å². The first-order chi connectivity index (χ1) is 6.59. The molecule has 14 heavy (non-hydrogen) atoms. The van der Waals surface area contributed by atoms with Crippen molar-refractivity contribution >= 4 is 5.91 Å². The van der Waals surface area contributed by atoms with E-state index in [-0.39, 0.29) is 11.8 Å². The number of piperazine rings is 1. The largest absolute Gasteiger partial charge is 0.343 e. The minimum Gasteiger partial charge on any atom is -0.343 e. The van der Waals surface area contributed by atoms with Crippen molar-refractivity contribution in [2.45, 2.75) is 13.8 Å². The van der Waals surface area contributed by atoms with Crippen LogP contribution in [0.4, 0.5) is 0 Å². The molecule has 4 nitrogen and oxygen atoms in total. The number of hydrogen-bond acceptors (Lipinski definition) is 3. The Morgan fingerprint density at radius 2 is 1.86 bits per heavy atom. The molecule has 1 rings (SSSR count). The van der Waals surface area contributed by atoms with Crippen molar-refractivity contribution in [3.63, 3.8) is 0 Å². The lowest BCUT2D eigenvalue weighted by atomic mass is 10.2. The van der Waals surface area contributed by atoms with E-state index in [1.54, 1.807) is 0 Å². The molecule has 4 heteroatoms. The summed E-state index contributed by atoms with van der Waals surface area (Å²) in [7, 11) is 2.13. The third-order valence-electron chi connectivity index (χ3n) is 2.60. The predicted molar refractivity (Wildman–Crippen MR) is 56.9 cm³/mol. The molecule has 0 aromatic carbocycles. The number of carbonyl (C=O) groups is 1. The Morgan fingerprint density at radius 1 is 1.29 bits per heavy atom. The van der Waals surface area contributed by atoms with Gasteiger partial charge in [-0.3, -0.25) is 9.69 Å². The number of nitrogens with zero attached hydrogens (tertiary/aromatic N) is 2. The molecule has 0 saturated carbocycles. The molecule has 0 radical (unpaired) electrons. The number of rotatable bonds is 3. The van der Waals surface area contributed by atoms with Gasteiger partial charge in [0, 0.05) is 32.1 Å². The van der Waals surface area contributed by atoms with E-state index < -0.39 is 0 Å². The fourth-order valence-corrected chi connectivity index (χ4v) is 1.40. The van der Waals surface area contributed by atoms with Gasteiger partial charge in [0.05, 0.1) is 6.67 Å². The molecular weight excluding hydrogens is 178 g/mol. The molecule has 0 aromatic rings. The van der Waals surface area contributed by atoms with Crippen LogP contribution in [0.15, 0.2) is 0 Å². The zero-order chi connectivity index (χ0) is 10.6. The summed E-state index contributed by atoms with van der Waals surface area (Å²) in [4.78, 5) is 15.9. The summed E-state index contributed by atoms with van der Waals surface area (Å²) < 4.78 is 0. The highest BCUT2D eigenvalue weighted by Gasteiger charge is 2.14. The molecule has 1 aliphatic rings. The molecular formula is C10H21N3O. The summed E-state index contributed by atoms with van der Waals surface area (Å²) in [5.74, 6) is 0.228. The summed E-state index contributed by atoms with van der Waals surface area (Å²) in [5.41, 5.74) is 0. The number of carbonyl (C=O) groups excluding carboxylic acids is 1. The molecule has 1 heterocycles. The van der Waals surface area contributed by atoms with Gasteiger partial charge in [0.2, 0.25) is 5.91 Å². The van der Waals surface area contributed by atoms with E-state index in [0.29, 0.717) is 6.67 Å². The normalized spacial score (nSPS) is 20.0. The fraction of sp³-hybridized carbons (Fsp3) is 0.900. The van der Waals surface area contributed by atoms with Crippen LogP contribution >= 0.6 is 0 Å². The van der Waals surface area contributed by atoms with Gasteiger partial charge in [0.25, 0.3) is 0 Å². The summed E-state index contributed by atoms with van der Waals surface area (Å²) in [6.07, 6.45) is 0. The summed E-state index contributed by atoms with van der Waals surface area (Å²) in [6.45, 7) is 8.82. The Balaban J connectivity index is 2.16. The highest BCUT2D eigenvalue weighted by Crippen LogP contribution is 1.97. The van der Waals surface area contributed by atoms with E-state index in [4.69, 9.17) is 0 Å². The summed E-state index contributed by atoms with van der Waals surface area (Å²) in [6, 6.07) is 0. The van der Waals surface area contributed by atoms with Gasteiger partial charge < -0.3 is 10.2 Å². The third-order valence-corrected chi connectivity index (χ3v) is 2.60. The topological polar surface area (TPSA) is 35.6 Å². The minimum atomic E-state index is 0.0856. The summed E-state index contributed by atoms with van der Waals surface area (Å²) in [5, 5.41) is 2.94. The van der Waals surface area contributed by atoms with Crippen LogP contribution in [0.3, 0.4) is 0 Å². The second-order valence-electron chi connectivity index (χ2n) is 4.28. The average molecular weight is 199 g/mol. The second kappa shape index (κ2) is 5.32. The Labute approximate surface area is 86.2 Å². The van der Waals surface area contributed by atoms with Crippen molar-refractivity contribution in [1.29, 1.82) is 0 Å². The molecule has 0 bridgehead atoms. The van der Waals surface area contributed by atoms with E-state index in [2.05, 4.69) is 22.2 Å². The first kappa shape index (κ1) is 11.5. The van der Waals surface area contributed by atoms with Crippen molar-refractivity contribution < 1.29 is 4.79 Å². The van der Waals surface area contributed by atoms with Crippen molar-refractivity contribution in [1.82, 2.24) is 15.1 Å². The van der Waals surface area contributed by atoms with Crippen LogP contribution in [0.2, 0.25) is 0 Å². The molecule has 0 aromatic heterocycles. The molecule has 1 aliphatic heterocycles. The number of amides is 1. The lowest BCUT2D eigenvalue weighted by molar-refractivity contribution is -0.124. The maximum Gasteiger partial charge on any atom is 0.223 e. The molecule has 0 spiro atoms. The lowest BCUT2D eigenvalue weighted by Gasteiger charge is -2.32. The van der Waals surface area contributed by atoms with E-state index in [0.717, 1.165) is 26.2 Å². The van der Waals surface area contributed by atoms with Crippen molar-refractivity contribution in [3.05, 3.63) is 0 Å². The van der Waals surface area contributed by atoms with Gasteiger partial charge in [-0.1, -0.05) is 13.8 Å². The van der Waals surface area contributed by atoms with Gasteiger partial charge in [0.1, 0.15) is 0 Å². The average Bonchev–Trinajstić information content (AvgIpc) is 2.16. The fourth-order valence-electron chi connectivity index (χ4n) is 1.40. The minimum absolute atomic E-state index is 0.0856. The van der Waals surface area contributed by atoms with Crippen LogP contribution in [0.25, 0.3) is 0 Å². The smallest absolute Gasteiger partial charge is 0.223 e. The SMILES string of the molecule is CC(C)C(=O)NCN1CCN(C)CC1. The van der Waals surface area contributed by atoms with E-state index in [1.165, 1.54) is 0 Å². The van der Waals surface area contributed by atoms with E-state index >= 15 is 0 Å². The molecule has 1 fully saturated rings. The van der Waals surface area contributed by atoms with Crippen LogP contribution in [-0.4, -0.2) is 55.6 Å². The molecule has 82 valence electrons. The van der Waals surface area contributed by atoms with Crippen LogP contribution in [0.1, 0.15) is 13.8 Å². The van der Waals surface area contributed by atoms with Crippen LogP contribution in [0, 0.1) is 5.92 Å². The van der Waals surface area contributed by atoms with Gasteiger partial charge in [-0.2, -0.15) is 0 Å². The van der Waals surface area contributed by atoms with Gasteiger partial charge in [-0.15, -0.1) is 0 Å². The van der Waals surface area contributed by atoms with Gasteiger partial charge in [-0.25, -0.2) is 0 Å². The first-order valence-electron chi connectivity index (χ1n) is 5.28. The lowest BCUT2D eigenvalue weighted by Crippen LogP contribution is -2.49. The molecule has 1 N–H and O–H groups in total. The highest BCUT2D eigenvalue weighted by molar-refractivity contribution is 5.77. The maximum atomic E-state index is 11.3. The highest BCUT2D eigenvalue weighted by atomic mass is 16.1. The Kier molecular flexibility index (Phi) is 4.35. The number of hydrogen-bond donors (Lipinski definition) is 1. The third kappa shape index (κ3) is 3.64. The Bertz CT molecular complexity index is 186. The Morgan fingerprint density at radius 3 is 2.36 bits per heavy atom. The zero-order valence-electron chi connectivity index (χ0n) is 9.42. The first-order valence-corrected chi connectivity index (χ1v) is 5.28. The molecule has 0 atom stereocenters. The standard InChI is InChI=1S/C10H21N3O/c1-9(2)10(14)11-8-13-6-4-12(3)5-7-13/h9H,4-8H2,1-3H3,(H,11,14). The quantitative estimate of drug-likeness (QED) is 0.693. The van der Waals surface area contributed by atoms with E-state index in [1.807, 2.05) is 13.8 Å². The van der Waals surface area contributed by atoms with Crippen LogP contribution < -0.4 is 5.32 Å². The second-order valence-corrected chi connectivity index (χ2v) is 4.28. The predicted octanol–water partition coefficient (Wildman–Crippen LogP) is -0.0365. The maximum absolute atomic E-state index is 11.3. The number of likely N-dealkylation sites (N-methyl/N-ethyl adjacent to an activating group) is 1. The summed E-state index contributed by atoms with van der Waals surface area (Å²) >= 11 is 0. The Hall–Kier alpha value is -0.610. The molecule has 1 amide bonds. The van der Waals surface area contributed by atoms with Crippen LogP contribution in [-0.2, 0) is 4.79 Å². The van der Waals surface area contributed by atoms with Crippen LogP contribution in [0.5, 0.6) is 0 Å².